The highest BCUT2D eigenvalue weighted by atomic mass is 16.6. The van der Waals surface area contributed by atoms with Gasteiger partial charge in [0.25, 0.3) is 0 Å². The standard InChI is InChI=1S/C15H26N2O4/c1-16(2)10-11-20-13(18)17-12-15(21-14(17)19)8-6-4-3-5-7-9-15/h3-12H2,1-2H3. The number of rotatable bonds is 3. The van der Waals surface area contributed by atoms with E-state index < -0.39 is 17.8 Å². The van der Waals surface area contributed by atoms with Crippen LogP contribution in [0, 0.1) is 0 Å². The second-order valence-electron chi connectivity index (χ2n) is 6.32. The predicted octanol–water partition coefficient (Wildman–Crippen LogP) is 2.62. The molecule has 1 aliphatic heterocycles. The molecule has 0 N–H and O–H groups in total. The van der Waals surface area contributed by atoms with Gasteiger partial charge in [-0.05, 0) is 39.8 Å². The van der Waals surface area contributed by atoms with E-state index in [9.17, 15) is 9.59 Å². The molecular formula is C15H26N2O4. The Hall–Kier alpha value is -1.30. The molecule has 1 heterocycles. The molecule has 0 aromatic rings. The summed E-state index contributed by atoms with van der Waals surface area (Å²) in [5, 5.41) is 0. The molecule has 6 nitrogen and oxygen atoms in total. The molecule has 0 radical (unpaired) electrons. The predicted molar refractivity (Wildman–Crippen MR) is 78.1 cm³/mol. The van der Waals surface area contributed by atoms with E-state index in [-0.39, 0.29) is 6.61 Å². The van der Waals surface area contributed by atoms with Crippen molar-refractivity contribution in [3.63, 3.8) is 0 Å². The first-order valence-electron chi connectivity index (χ1n) is 7.84. The fourth-order valence-electron chi connectivity index (χ4n) is 2.97. The highest BCUT2D eigenvalue weighted by molar-refractivity contribution is 5.89. The largest absolute Gasteiger partial charge is 0.448 e. The van der Waals surface area contributed by atoms with Gasteiger partial charge in [0, 0.05) is 6.54 Å². The maximum absolute atomic E-state index is 12.0. The number of amides is 2. The van der Waals surface area contributed by atoms with Crippen molar-refractivity contribution in [1.29, 1.82) is 0 Å². The number of carbonyl (C=O) groups excluding carboxylic acids is 2. The van der Waals surface area contributed by atoms with Crippen molar-refractivity contribution in [1.82, 2.24) is 9.80 Å². The maximum Gasteiger partial charge on any atom is 0.420 e. The molecule has 21 heavy (non-hydrogen) atoms. The summed E-state index contributed by atoms with van der Waals surface area (Å²) in [5.41, 5.74) is -0.474. The number of hydrogen-bond acceptors (Lipinski definition) is 5. The Morgan fingerprint density at radius 2 is 1.86 bits per heavy atom. The normalized spacial score (nSPS) is 22.0. The van der Waals surface area contributed by atoms with Crippen molar-refractivity contribution >= 4 is 12.2 Å². The molecule has 0 aromatic carbocycles. The van der Waals surface area contributed by atoms with Gasteiger partial charge in [-0.3, -0.25) is 0 Å². The van der Waals surface area contributed by atoms with Gasteiger partial charge < -0.3 is 14.4 Å². The molecule has 0 aromatic heterocycles. The number of nitrogens with zero attached hydrogens (tertiary/aromatic N) is 2. The fraction of sp³-hybridized carbons (Fsp3) is 0.867. The van der Waals surface area contributed by atoms with Gasteiger partial charge in [0.15, 0.2) is 0 Å². The number of likely N-dealkylation sites (N-methyl/N-ethyl adjacent to an activating group) is 1. The fourth-order valence-corrected chi connectivity index (χ4v) is 2.97. The van der Waals surface area contributed by atoms with Crippen LogP contribution in [0.25, 0.3) is 0 Å². The summed E-state index contributed by atoms with van der Waals surface area (Å²) in [6, 6.07) is 0. The molecule has 0 unspecified atom stereocenters. The molecule has 6 heteroatoms. The van der Waals surface area contributed by atoms with Gasteiger partial charge in [-0.15, -0.1) is 0 Å². The van der Waals surface area contributed by atoms with Gasteiger partial charge in [0.05, 0.1) is 6.54 Å². The van der Waals surface area contributed by atoms with Crippen molar-refractivity contribution in [2.24, 2.45) is 0 Å². The van der Waals surface area contributed by atoms with Crippen LogP contribution in [0.4, 0.5) is 9.59 Å². The van der Waals surface area contributed by atoms with Crippen LogP contribution in [0.2, 0.25) is 0 Å². The zero-order chi connectivity index (χ0) is 15.3. The zero-order valence-corrected chi connectivity index (χ0v) is 13.1. The number of carbonyl (C=O) groups is 2. The van der Waals surface area contributed by atoms with Gasteiger partial charge in [0.1, 0.15) is 12.2 Å². The second kappa shape index (κ2) is 7.11. The Morgan fingerprint density at radius 1 is 1.24 bits per heavy atom. The minimum absolute atomic E-state index is 0.280. The number of hydrogen-bond donors (Lipinski definition) is 0. The maximum atomic E-state index is 12.0. The summed E-state index contributed by atoms with van der Waals surface area (Å²) in [7, 11) is 3.81. The Labute approximate surface area is 126 Å². The van der Waals surface area contributed by atoms with Crippen LogP contribution in [0.5, 0.6) is 0 Å². The van der Waals surface area contributed by atoms with Gasteiger partial charge in [-0.2, -0.15) is 0 Å². The van der Waals surface area contributed by atoms with Crippen LogP contribution in [0.15, 0.2) is 0 Å². The van der Waals surface area contributed by atoms with Crippen molar-refractivity contribution in [2.75, 3.05) is 33.8 Å². The summed E-state index contributed by atoms with van der Waals surface area (Å²) in [6.07, 6.45) is 6.26. The van der Waals surface area contributed by atoms with Gasteiger partial charge in [-0.25, -0.2) is 14.5 Å². The molecular weight excluding hydrogens is 272 g/mol. The van der Waals surface area contributed by atoms with Gasteiger partial charge >= 0.3 is 12.2 Å². The van der Waals surface area contributed by atoms with Crippen molar-refractivity contribution in [3.8, 4) is 0 Å². The number of ether oxygens (including phenoxy) is 2. The third kappa shape index (κ3) is 4.33. The Kier molecular flexibility index (Phi) is 5.45. The monoisotopic (exact) mass is 298 g/mol. The van der Waals surface area contributed by atoms with Crippen LogP contribution in [-0.4, -0.2) is 61.4 Å². The molecule has 0 bridgehead atoms. The topological polar surface area (TPSA) is 59.1 Å². The van der Waals surface area contributed by atoms with Gasteiger partial charge in [0.2, 0.25) is 0 Å². The molecule has 2 aliphatic rings. The molecule has 1 spiro atoms. The molecule has 1 aliphatic carbocycles. The van der Waals surface area contributed by atoms with E-state index in [0.29, 0.717) is 13.1 Å². The summed E-state index contributed by atoms with van der Waals surface area (Å²) < 4.78 is 10.7. The smallest absolute Gasteiger partial charge is 0.420 e. The van der Waals surface area contributed by atoms with Crippen LogP contribution >= 0.6 is 0 Å². The first kappa shape index (κ1) is 16.1. The molecule has 2 fully saturated rings. The Bertz CT molecular complexity index is 376. The first-order valence-corrected chi connectivity index (χ1v) is 7.84. The Balaban J connectivity index is 1.90. The highest BCUT2D eigenvalue weighted by Crippen LogP contribution is 2.35. The second-order valence-corrected chi connectivity index (χ2v) is 6.32. The molecule has 120 valence electrons. The average Bonchev–Trinajstić information content (AvgIpc) is 2.72. The van der Waals surface area contributed by atoms with E-state index in [1.54, 1.807) is 0 Å². The lowest BCUT2D eigenvalue weighted by Crippen LogP contribution is -2.38. The van der Waals surface area contributed by atoms with Crippen molar-refractivity contribution in [3.05, 3.63) is 0 Å². The molecule has 0 atom stereocenters. The van der Waals surface area contributed by atoms with Gasteiger partial charge in [-0.1, -0.05) is 19.3 Å². The van der Waals surface area contributed by atoms with Crippen LogP contribution in [0.3, 0.4) is 0 Å². The average molecular weight is 298 g/mol. The van der Waals surface area contributed by atoms with E-state index >= 15 is 0 Å². The lowest BCUT2D eigenvalue weighted by Gasteiger charge is -2.28. The third-order valence-corrected chi connectivity index (χ3v) is 4.22. The minimum atomic E-state index is -0.583. The summed E-state index contributed by atoms with van der Waals surface area (Å²) in [4.78, 5) is 27.0. The minimum Gasteiger partial charge on any atom is -0.448 e. The van der Waals surface area contributed by atoms with Crippen LogP contribution in [-0.2, 0) is 9.47 Å². The molecule has 1 saturated heterocycles. The quantitative estimate of drug-likeness (QED) is 0.801. The summed E-state index contributed by atoms with van der Waals surface area (Å²) in [6.45, 7) is 1.26. The highest BCUT2D eigenvalue weighted by Gasteiger charge is 2.47. The first-order chi connectivity index (χ1) is 10.0. The summed E-state index contributed by atoms with van der Waals surface area (Å²) >= 11 is 0. The van der Waals surface area contributed by atoms with E-state index in [1.165, 1.54) is 19.3 Å². The van der Waals surface area contributed by atoms with Crippen LogP contribution in [0.1, 0.15) is 44.9 Å². The molecule has 2 amide bonds. The molecule has 1 saturated carbocycles. The SMILES string of the molecule is CN(C)CCOC(=O)N1CC2(CCCCCCC2)OC1=O. The molecule has 2 rings (SSSR count). The summed E-state index contributed by atoms with van der Waals surface area (Å²) in [5.74, 6) is 0. The number of imide groups is 1. The lowest BCUT2D eigenvalue weighted by atomic mass is 9.87. The van der Waals surface area contributed by atoms with E-state index in [1.807, 2.05) is 19.0 Å². The lowest BCUT2D eigenvalue weighted by molar-refractivity contribution is 0.0347. The van der Waals surface area contributed by atoms with E-state index in [0.717, 1.165) is 30.6 Å². The van der Waals surface area contributed by atoms with Crippen molar-refractivity contribution < 1.29 is 19.1 Å². The van der Waals surface area contributed by atoms with E-state index in [4.69, 9.17) is 9.47 Å². The van der Waals surface area contributed by atoms with E-state index in [2.05, 4.69) is 0 Å². The third-order valence-electron chi connectivity index (χ3n) is 4.22. The van der Waals surface area contributed by atoms with Crippen LogP contribution < -0.4 is 0 Å². The Morgan fingerprint density at radius 3 is 2.48 bits per heavy atom. The van der Waals surface area contributed by atoms with Crippen molar-refractivity contribution in [2.45, 2.75) is 50.5 Å². The zero-order valence-electron chi connectivity index (χ0n) is 13.1.